The normalized spacial score (nSPS) is 12.3. The Morgan fingerprint density at radius 1 is 1.32 bits per heavy atom. The second-order valence-corrected chi connectivity index (χ2v) is 5.93. The molecule has 0 saturated heterocycles. The van der Waals surface area contributed by atoms with Crippen molar-refractivity contribution in [1.82, 2.24) is 0 Å². The van der Waals surface area contributed by atoms with Crippen molar-refractivity contribution < 1.29 is 36.2 Å². The third-order valence-electron chi connectivity index (χ3n) is 1.76. The molecule has 106 valence electrons. The van der Waals surface area contributed by atoms with Crippen LogP contribution >= 0.6 is 22.3 Å². The monoisotopic (exact) mass is 338 g/mol. The molecule has 1 aromatic carbocycles. The van der Waals surface area contributed by atoms with Crippen LogP contribution < -0.4 is 4.74 Å². The topological polar surface area (TPSA) is 80.7 Å². The SMILES string of the molecule is O=C(O)c1ccc(OC(F)(F)F)c(S(=O)(=O)Cl)c1Cl. The molecule has 0 unspecified atom stereocenters. The molecule has 0 spiro atoms. The van der Waals surface area contributed by atoms with E-state index in [4.69, 9.17) is 27.4 Å². The van der Waals surface area contributed by atoms with Gasteiger partial charge in [0.2, 0.25) is 0 Å². The third kappa shape index (κ3) is 3.88. The predicted molar refractivity (Wildman–Crippen MR) is 58.1 cm³/mol. The van der Waals surface area contributed by atoms with Gasteiger partial charge in [0.05, 0.1) is 10.6 Å². The van der Waals surface area contributed by atoms with E-state index in [2.05, 4.69) is 4.74 Å². The van der Waals surface area contributed by atoms with Gasteiger partial charge in [-0.05, 0) is 12.1 Å². The molecule has 0 heterocycles. The molecule has 0 amide bonds. The van der Waals surface area contributed by atoms with Crippen molar-refractivity contribution in [2.45, 2.75) is 11.3 Å². The lowest BCUT2D eigenvalue weighted by Crippen LogP contribution is -2.19. The summed E-state index contributed by atoms with van der Waals surface area (Å²) >= 11 is 5.43. The van der Waals surface area contributed by atoms with E-state index >= 15 is 0 Å². The van der Waals surface area contributed by atoms with Gasteiger partial charge in [0.15, 0.2) is 5.75 Å². The largest absolute Gasteiger partial charge is 0.573 e. The third-order valence-corrected chi connectivity index (χ3v) is 3.62. The van der Waals surface area contributed by atoms with Gasteiger partial charge in [-0.25, -0.2) is 13.2 Å². The fraction of sp³-hybridized carbons (Fsp3) is 0.125. The molecule has 0 bridgehead atoms. The Morgan fingerprint density at radius 2 is 1.84 bits per heavy atom. The van der Waals surface area contributed by atoms with Gasteiger partial charge < -0.3 is 9.84 Å². The fourth-order valence-corrected chi connectivity index (χ4v) is 2.93. The van der Waals surface area contributed by atoms with Crippen molar-refractivity contribution in [1.29, 1.82) is 0 Å². The van der Waals surface area contributed by atoms with Crippen LogP contribution in [0.3, 0.4) is 0 Å². The average Bonchev–Trinajstić information content (AvgIpc) is 2.11. The molecule has 0 aliphatic rings. The number of alkyl halides is 3. The van der Waals surface area contributed by atoms with Gasteiger partial charge in [-0.2, -0.15) is 0 Å². The van der Waals surface area contributed by atoms with Crippen molar-refractivity contribution in [3.63, 3.8) is 0 Å². The molecule has 1 rings (SSSR count). The Hall–Kier alpha value is -1.19. The van der Waals surface area contributed by atoms with Crippen molar-refractivity contribution in [2.75, 3.05) is 0 Å². The lowest BCUT2D eigenvalue weighted by atomic mass is 10.2. The van der Waals surface area contributed by atoms with Crippen LogP contribution in [0, 0.1) is 0 Å². The van der Waals surface area contributed by atoms with Crippen LogP contribution in [0.1, 0.15) is 10.4 Å². The lowest BCUT2D eigenvalue weighted by molar-refractivity contribution is -0.275. The highest BCUT2D eigenvalue weighted by molar-refractivity contribution is 8.14. The molecule has 0 aliphatic heterocycles. The molecular weight excluding hydrogens is 336 g/mol. The zero-order chi connectivity index (χ0) is 15.0. The maximum absolute atomic E-state index is 12.1. The van der Waals surface area contributed by atoms with E-state index in [0.29, 0.717) is 12.1 Å². The molecule has 0 aliphatic carbocycles. The second kappa shape index (κ2) is 5.06. The smallest absolute Gasteiger partial charge is 0.478 e. The summed E-state index contributed by atoms with van der Waals surface area (Å²) in [6, 6.07) is 1.16. The molecule has 11 heteroatoms. The maximum atomic E-state index is 12.1. The van der Waals surface area contributed by atoms with Gasteiger partial charge in [-0.15, -0.1) is 13.2 Å². The number of benzene rings is 1. The summed E-state index contributed by atoms with van der Waals surface area (Å²) in [5.41, 5.74) is -0.726. The minimum Gasteiger partial charge on any atom is -0.478 e. The van der Waals surface area contributed by atoms with E-state index in [9.17, 15) is 26.4 Å². The van der Waals surface area contributed by atoms with Crippen molar-refractivity contribution >= 4 is 37.3 Å². The molecule has 1 N–H and O–H groups in total. The van der Waals surface area contributed by atoms with Gasteiger partial charge in [0.1, 0.15) is 4.90 Å². The Labute approximate surface area is 113 Å². The van der Waals surface area contributed by atoms with Crippen LogP contribution in [0.4, 0.5) is 13.2 Å². The molecule has 0 atom stereocenters. The second-order valence-electron chi connectivity index (χ2n) is 3.05. The average molecular weight is 339 g/mol. The molecule has 19 heavy (non-hydrogen) atoms. The van der Waals surface area contributed by atoms with Gasteiger partial charge in [0, 0.05) is 10.7 Å². The quantitative estimate of drug-likeness (QED) is 0.857. The van der Waals surface area contributed by atoms with Crippen LogP contribution in [0.2, 0.25) is 5.02 Å². The first-order chi connectivity index (χ1) is 8.43. The van der Waals surface area contributed by atoms with Crippen molar-refractivity contribution in [3.05, 3.63) is 22.7 Å². The summed E-state index contributed by atoms with van der Waals surface area (Å²) in [6.07, 6.45) is -5.19. The molecule has 0 fully saturated rings. The van der Waals surface area contributed by atoms with Crippen LogP contribution in [0.15, 0.2) is 17.0 Å². The standard InChI is InChI=1S/C8H3Cl2F3O5S/c9-5-3(7(14)15)1-2-4(18-8(11,12)13)6(5)19(10,16)17/h1-2H,(H,14,15). The Bertz CT molecular complexity index is 626. The molecule has 0 radical (unpaired) electrons. The minimum absolute atomic E-state index is 0.498. The molecule has 0 aromatic heterocycles. The maximum Gasteiger partial charge on any atom is 0.573 e. The highest BCUT2D eigenvalue weighted by Gasteiger charge is 2.35. The Balaban J connectivity index is 3.59. The highest BCUT2D eigenvalue weighted by atomic mass is 35.7. The van der Waals surface area contributed by atoms with Crippen LogP contribution in [-0.4, -0.2) is 25.9 Å². The molecule has 1 aromatic rings. The predicted octanol–water partition coefficient (Wildman–Crippen LogP) is 2.86. The number of rotatable bonds is 3. The van der Waals surface area contributed by atoms with E-state index in [1.165, 1.54) is 0 Å². The van der Waals surface area contributed by atoms with Crippen LogP contribution in [-0.2, 0) is 9.05 Å². The van der Waals surface area contributed by atoms with Gasteiger partial charge in [-0.1, -0.05) is 11.6 Å². The Kier molecular flexibility index (Phi) is 4.23. The number of hydrogen-bond acceptors (Lipinski definition) is 4. The summed E-state index contributed by atoms with van der Waals surface area (Å²) in [5.74, 6) is -2.84. The van der Waals surface area contributed by atoms with Gasteiger partial charge in [0.25, 0.3) is 9.05 Å². The minimum atomic E-state index is -5.19. The number of hydrogen-bond donors (Lipinski definition) is 1. The number of ether oxygens (including phenoxy) is 1. The fourth-order valence-electron chi connectivity index (χ4n) is 1.14. The number of halogens is 5. The van der Waals surface area contributed by atoms with E-state index in [1.54, 1.807) is 0 Å². The van der Waals surface area contributed by atoms with E-state index in [1.807, 2.05) is 0 Å². The lowest BCUT2D eigenvalue weighted by Gasteiger charge is -2.13. The summed E-state index contributed by atoms with van der Waals surface area (Å²) in [7, 11) is 0.181. The van der Waals surface area contributed by atoms with Crippen LogP contribution in [0.5, 0.6) is 5.75 Å². The zero-order valence-electron chi connectivity index (χ0n) is 8.53. The first kappa shape index (κ1) is 15.9. The number of carboxylic acid groups (broad SMARTS) is 1. The first-order valence-electron chi connectivity index (χ1n) is 4.19. The van der Waals surface area contributed by atoms with Crippen molar-refractivity contribution in [3.8, 4) is 5.75 Å². The molecule has 5 nitrogen and oxygen atoms in total. The van der Waals surface area contributed by atoms with Gasteiger partial charge in [-0.3, -0.25) is 0 Å². The first-order valence-corrected chi connectivity index (χ1v) is 6.88. The van der Waals surface area contributed by atoms with E-state index in [-0.39, 0.29) is 0 Å². The Morgan fingerprint density at radius 3 is 2.21 bits per heavy atom. The van der Waals surface area contributed by atoms with Gasteiger partial charge >= 0.3 is 12.3 Å². The zero-order valence-corrected chi connectivity index (χ0v) is 10.9. The number of carboxylic acids is 1. The number of carbonyl (C=O) groups is 1. The molecular formula is C8H3Cl2F3O5S. The molecule has 0 saturated carbocycles. The number of aromatic carboxylic acids is 1. The summed E-state index contributed by atoms with van der Waals surface area (Å²) < 4.78 is 62.0. The summed E-state index contributed by atoms with van der Waals surface area (Å²) in [4.78, 5) is 9.46. The van der Waals surface area contributed by atoms with E-state index < -0.39 is 42.6 Å². The van der Waals surface area contributed by atoms with Crippen LogP contribution in [0.25, 0.3) is 0 Å². The van der Waals surface area contributed by atoms with Crippen molar-refractivity contribution in [2.24, 2.45) is 0 Å². The highest BCUT2D eigenvalue weighted by Crippen LogP contribution is 2.38. The summed E-state index contributed by atoms with van der Waals surface area (Å²) in [5, 5.41) is 7.73. The summed E-state index contributed by atoms with van der Waals surface area (Å²) in [6.45, 7) is 0. The van der Waals surface area contributed by atoms with E-state index in [0.717, 1.165) is 0 Å².